The van der Waals surface area contributed by atoms with Crippen molar-refractivity contribution in [2.24, 2.45) is 5.41 Å². The Morgan fingerprint density at radius 3 is 2.63 bits per heavy atom. The van der Waals surface area contributed by atoms with Gasteiger partial charge in [0.2, 0.25) is 0 Å². The molecule has 0 fully saturated rings. The monoisotopic (exact) mass is 263 g/mol. The lowest BCUT2D eigenvalue weighted by molar-refractivity contribution is -0.384. The predicted molar refractivity (Wildman–Crippen MR) is 71.8 cm³/mol. The lowest BCUT2D eigenvalue weighted by atomic mass is 9.89. The predicted octanol–water partition coefficient (Wildman–Crippen LogP) is 2.29. The minimum Gasteiger partial charge on any atom is -0.391 e. The van der Waals surface area contributed by atoms with Gasteiger partial charge in [-0.1, -0.05) is 20.8 Å². The molecule has 102 valence electrons. The molecule has 0 heterocycles. The standard InChI is InChI=1S/C13H17N3O3/c1-13(2,3)12(17)8-15-10-5-4-9(7-14)6-11(10)16(18)19/h4-6,12,15,17H,8H2,1-3H3. The number of nitrogens with zero attached hydrogens (tertiary/aromatic N) is 2. The molecular weight excluding hydrogens is 246 g/mol. The second-order valence-corrected chi connectivity index (χ2v) is 5.36. The van der Waals surface area contributed by atoms with Crippen LogP contribution < -0.4 is 5.32 Å². The van der Waals surface area contributed by atoms with E-state index in [2.05, 4.69) is 5.32 Å². The van der Waals surface area contributed by atoms with E-state index in [9.17, 15) is 15.2 Å². The molecule has 1 atom stereocenters. The van der Waals surface area contributed by atoms with Crippen LogP contribution in [0.5, 0.6) is 0 Å². The van der Waals surface area contributed by atoms with E-state index in [4.69, 9.17) is 5.26 Å². The lowest BCUT2D eigenvalue weighted by Gasteiger charge is -2.26. The van der Waals surface area contributed by atoms with Gasteiger partial charge in [0, 0.05) is 12.6 Å². The number of benzene rings is 1. The van der Waals surface area contributed by atoms with Gasteiger partial charge < -0.3 is 10.4 Å². The highest BCUT2D eigenvalue weighted by molar-refractivity contribution is 5.64. The van der Waals surface area contributed by atoms with Crippen molar-refractivity contribution in [3.63, 3.8) is 0 Å². The molecule has 0 aliphatic carbocycles. The number of nitro groups is 1. The van der Waals surface area contributed by atoms with Crippen molar-refractivity contribution in [1.82, 2.24) is 0 Å². The molecule has 2 N–H and O–H groups in total. The molecule has 6 heteroatoms. The normalized spacial score (nSPS) is 12.6. The van der Waals surface area contributed by atoms with Crippen LogP contribution >= 0.6 is 0 Å². The van der Waals surface area contributed by atoms with Crippen LogP contribution in [0.4, 0.5) is 11.4 Å². The van der Waals surface area contributed by atoms with E-state index in [1.165, 1.54) is 18.2 Å². The first-order valence-electron chi connectivity index (χ1n) is 5.86. The van der Waals surface area contributed by atoms with Crippen molar-refractivity contribution < 1.29 is 10.0 Å². The third kappa shape index (κ3) is 3.93. The van der Waals surface area contributed by atoms with E-state index in [0.717, 1.165) is 0 Å². The summed E-state index contributed by atoms with van der Waals surface area (Å²) in [4.78, 5) is 10.4. The van der Waals surface area contributed by atoms with Gasteiger partial charge in [-0.2, -0.15) is 5.26 Å². The summed E-state index contributed by atoms with van der Waals surface area (Å²) in [7, 11) is 0. The Morgan fingerprint density at radius 2 is 2.16 bits per heavy atom. The molecule has 1 aromatic rings. The fourth-order valence-electron chi connectivity index (χ4n) is 1.41. The molecule has 6 nitrogen and oxygen atoms in total. The Bertz CT molecular complexity index is 515. The van der Waals surface area contributed by atoms with Crippen LogP contribution in [0.3, 0.4) is 0 Å². The van der Waals surface area contributed by atoms with Crippen molar-refractivity contribution in [3.8, 4) is 6.07 Å². The summed E-state index contributed by atoms with van der Waals surface area (Å²) in [6.45, 7) is 5.85. The fourth-order valence-corrected chi connectivity index (χ4v) is 1.41. The van der Waals surface area contributed by atoms with E-state index in [1.54, 1.807) is 0 Å². The van der Waals surface area contributed by atoms with Crippen LogP contribution in [0.1, 0.15) is 26.3 Å². The Hall–Kier alpha value is -2.13. The number of aliphatic hydroxyl groups is 1. The van der Waals surface area contributed by atoms with Gasteiger partial charge in [-0.25, -0.2) is 0 Å². The first-order valence-corrected chi connectivity index (χ1v) is 5.86. The average Bonchev–Trinajstić information content (AvgIpc) is 2.34. The van der Waals surface area contributed by atoms with Gasteiger partial charge >= 0.3 is 0 Å². The molecule has 1 aromatic carbocycles. The number of anilines is 1. The van der Waals surface area contributed by atoms with Crippen LogP contribution in [0.15, 0.2) is 18.2 Å². The third-order valence-corrected chi connectivity index (χ3v) is 2.81. The number of nitro benzene ring substituents is 1. The molecular formula is C13H17N3O3. The zero-order valence-electron chi connectivity index (χ0n) is 11.2. The first-order chi connectivity index (χ1) is 8.75. The minimum atomic E-state index is -0.636. The summed E-state index contributed by atoms with van der Waals surface area (Å²) in [6.07, 6.45) is -0.636. The second kappa shape index (κ2) is 5.67. The molecule has 0 spiro atoms. The van der Waals surface area contributed by atoms with Crippen molar-refractivity contribution in [2.75, 3.05) is 11.9 Å². The Kier molecular flexibility index (Phi) is 4.46. The zero-order chi connectivity index (χ0) is 14.6. The Labute approximate surface area is 111 Å². The maximum Gasteiger partial charge on any atom is 0.293 e. The smallest absolute Gasteiger partial charge is 0.293 e. The van der Waals surface area contributed by atoms with Crippen molar-refractivity contribution in [1.29, 1.82) is 5.26 Å². The lowest BCUT2D eigenvalue weighted by Crippen LogP contribution is -2.32. The van der Waals surface area contributed by atoms with Gasteiger partial charge in [-0.15, -0.1) is 0 Å². The van der Waals surface area contributed by atoms with Crippen molar-refractivity contribution in [3.05, 3.63) is 33.9 Å². The molecule has 0 aromatic heterocycles. The first kappa shape index (κ1) is 14.9. The molecule has 0 saturated heterocycles. The molecule has 0 saturated carbocycles. The average molecular weight is 263 g/mol. The molecule has 0 amide bonds. The number of aliphatic hydroxyl groups excluding tert-OH is 1. The summed E-state index contributed by atoms with van der Waals surface area (Å²) in [5.41, 5.74) is 0.0510. The molecule has 19 heavy (non-hydrogen) atoms. The summed E-state index contributed by atoms with van der Waals surface area (Å²) < 4.78 is 0. The molecule has 1 unspecified atom stereocenters. The van der Waals surface area contributed by atoms with E-state index in [0.29, 0.717) is 5.69 Å². The van der Waals surface area contributed by atoms with Crippen molar-refractivity contribution >= 4 is 11.4 Å². The van der Waals surface area contributed by atoms with Crippen LogP contribution in [0, 0.1) is 26.9 Å². The summed E-state index contributed by atoms with van der Waals surface area (Å²) in [6, 6.07) is 6.05. The highest BCUT2D eigenvalue weighted by atomic mass is 16.6. The van der Waals surface area contributed by atoms with Gasteiger partial charge in [-0.3, -0.25) is 10.1 Å². The van der Waals surface area contributed by atoms with Crippen LogP contribution in [-0.2, 0) is 0 Å². The Morgan fingerprint density at radius 1 is 1.53 bits per heavy atom. The fraction of sp³-hybridized carbons (Fsp3) is 0.462. The summed E-state index contributed by atoms with van der Waals surface area (Å²) >= 11 is 0. The SMILES string of the molecule is CC(C)(C)C(O)CNc1ccc(C#N)cc1[N+](=O)[O-]. The maximum atomic E-state index is 10.9. The number of nitrogens with one attached hydrogen (secondary N) is 1. The molecule has 1 rings (SSSR count). The number of hydrogen-bond donors (Lipinski definition) is 2. The molecule has 0 aliphatic heterocycles. The third-order valence-electron chi connectivity index (χ3n) is 2.81. The van der Waals surface area contributed by atoms with Gasteiger partial charge in [0.1, 0.15) is 5.69 Å². The quantitative estimate of drug-likeness (QED) is 0.641. The van der Waals surface area contributed by atoms with Crippen LogP contribution in [0.2, 0.25) is 0 Å². The Balaban J connectivity index is 2.90. The maximum absolute atomic E-state index is 10.9. The van der Waals surface area contributed by atoms with Gasteiger partial charge in [-0.05, 0) is 17.5 Å². The van der Waals surface area contributed by atoms with E-state index < -0.39 is 11.0 Å². The molecule has 0 radical (unpaired) electrons. The summed E-state index contributed by atoms with van der Waals surface area (Å²) in [5, 5.41) is 32.4. The number of nitriles is 1. The highest BCUT2D eigenvalue weighted by Crippen LogP contribution is 2.26. The molecule has 0 bridgehead atoms. The zero-order valence-corrected chi connectivity index (χ0v) is 11.2. The van der Waals surface area contributed by atoms with E-state index >= 15 is 0 Å². The topological polar surface area (TPSA) is 99.2 Å². The van der Waals surface area contributed by atoms with Crippen LogP contribution in [-0.4, -0.2) is 22.7 Å². The van der Waals surface area contributed by atoms with Crippen molar-refractivity contribution in [2.45, 2.75) is 26.9 Å². The van der Waals surface area contributed by atoms with E-state index in [1.807, 2.05) is 26.8 Å². The largest absolute Gasteiger partial charge is 0.391 e. The highest BCUT2D eigenvalue weighted by Gasteiger charge is 2.23. The van der Waals surface area contributed by atoms with Gasteiger partial charge in [0.05, 0.1) is 22.7 Å². The minimum absolute atomic E-state index is 0.167. The van der Waals surface area contributed by atoms with Gasteiger partial charge in [0.25, 0.3) is 5.69 Å². The number of rotatable bonds is 4. The van der Waals surface area contributed by atoms with Crippen LogP contribution in [0.25, 0.3) is 0 Å². The van der Waals surface area contributed by atoms with Gasteiger partial charge in [0.15, 0.2) is 0 Å². The summed E-state index contributed by atoms with van der Waals surface area (Å²) in [5.74, 6) is 0. The van der Waals surface area contributed by atoms with E-state index in [-0.39, 0.29) is 23.2 Å². The second-order valence-electron chi connectivity index (χ2n) is 5.36. The molecule has 0 aliphatic rings. The number of hydrogen-bond acceptors (Lipinski definition) is 5.